The second kappa shape index (κ2) is 6.10. The first-order valence-electron chi connectivity index (χ1n) is 7.61. The van der Waals surface area contributed by atoms with Crippen LogP contribution in [0.4, 0.5) is 0 Å². The van der Waals surface area contributed by atoms with Crippen molar-refractivity contribution in [2.75, 3.05) is 0 Å². The van der Waals surface area contributed by atoms with Gasteiger partial charge < -0.3 is 4.42 Å². The SMILES string of the molecule is O=C(c1ccccc1)c1oc2ccccc2c1-c1ccc(Br)cc1. The number of ketones is 1. The van der Waals surface area contributed by atoms with Crippen LogP contribution in [0.5, 0.6) is 0 Å². The van der Waals surface area contributed by atoms with Crippen molar-refractivity contribution in [3.8, 4) is 11.1 Å². The molecule has 0 saturated carbocycles. The summed E-state index contributed by atoms with van der Waals surface area (Å²) >= 11 is 3.45. The lowest BCUT2D eigenvalue weighted by molar-refractivity contribution is 0.101. The maximum atomic E-state index is 13.0. The number of halogens is 1. The molecule has 0 N–H and O–H groups in total. The smallest absolute Gasteiger partial charge is 0.228 e. The number of carbonyl (C=O) groups excluding carboxylic acids is 1. The van der Waals surface area contributed by atoms with Gasteiger partial charge in [-0.15, -0.1) is 0 Å². The van der Waals surface area contributed by atoms with Crippen molar-refractivity contribution in [1.82, 2.24) is 0 Å². The third-order valence-electron chi connectivity index (χ3n) is 3.97. The van der Waals surface area contributed by atoms with Crippen LogP contribution in [-0.4, -0.2) is 5.78 Å². The van der Waals surface area contributed by atoms with E-state index in [1.807, 2.05) is 66.7 Å². The van der Waals surface area contributed by atoms with E-state index < -0.39 is 0 Å². The molecule has 0 atom stereocenters. The standard InChI is InChI=1S/C21H13BrO2/c22-16-12-10-14(11-13-16)19-17-8-4-5-9-18(17)24-21(19)20(23)15-6-2-1-3-7-15/h1-13H. The summed E-state index contributed by atoms with van der Waals surface area (Å²) in [7, 11) is 0. The molecule has 2 nitrogen and oxygen atoms in total. The summed E-state index contributed by atoms with van der Waals surface area (Å²) < 4.78 is 6.93. The van der Waals surface area contributed by atoms with E-state index >= 15 is 0 Å². The minimum absolute atomic E-state index is 0.107. The molecule has 1 aromatic heterocycles. The number of benzene rings is 3. The van der Waals surface area contributed by atoms with Gasteiger partial charge in [0.1, 0.15) is 5.58 Å². The number of rotatable bonds is 3. The fraction of sp³-hybridized carbons (Fsp3) is 0. The molecule has 116 valence electrons. The third-order valence-corrected chi connectivity index (χ3v) is 4.50. The molecule has 24 heavy (non-hydrogen) atoms. The highest BCUT2D eigenvalue weighted by Gasteiger charge is 2.22. The molecule has 0 saturated heterocycles. The maximum Gasteiger partial charge on any atom is 0.228 e. The van der Waals surface area contributed by atoms with E-state index in [1.54, 1.807) is 12.1 Å². The molecule has 0 aliphatic heterocycles. The summed E-state index contributed by atoms with van der Waals surface area (Å²) in [6.07, 6.45) is 0. The second-order valence-electron chi connectivity index (χ2n) is 5.50. The van der Waals surface area contributed by atoms with E-state index in [4.69, 9.17) is 4.42 Å². The fourth-order valence-corrected chi connectivity index (χ4v) is 3.09. The molecule has 0 aliphatic carbocycles. The lowest BCUT2D eigenvalue weighted by Crippen LogP contribution is -2.01. The number of furan rings is 1. The molecule has 1 heterocycles. The van der Waals surface area contributed by atoms with Crippen molar-refractivity contribution in [1.29, 1.82) is 0 Å². The van der Waals surface area contributed by atoms with Crippen molar-refractivity contribution >= 4 is 32.7 Å². The van der Waals surface area contributed by atoms with Crippen LogP contribution in [0.25, 0.3) is 22.1 Å². The molecular formula is C21H13BrO2. The highest BCUT2D eigenvalue weighted by molar-refractivity contribution is 9.10. The van der Waals surface area contributed by atoms with E-state index in [2.05, 4.69) is 15.9 Å². The van der Waals surface area contributed by atoms with Gasteiger partial charge in [-0.05, 0) is 23.8 Å². The predicted molar refractivity (Wildman–Crippen MR) is 99.2 cm³/mol. The zero-order chi connectivity index (χ0) is 16.5. The molecule has 0 amide bonds. The Bertz CT molecular complexity index is 1010. The second-order valence-corrected chi connectivity index (χ2v) is 6.42. The topological polar surface area (TPSA) is 30.2 Å². The molecule has 4 aromatic rings. The molecule has 0 aliphatic rings. The molecule has 0 radical (unpaired) electrons. The summed E-state index contributed by atoms with van der Waals surface area (Å²) in [4.78, 5) is 13.0. The van der Waals surface area contributed by atoms with E-state index in [9.17, 15) is 4.79 Å². The Balaban J connectivity index is 1.97. The number of fused-ring (bicyclic) bond motifs is 1. The summed E-state index contributed by atoms with van der Waals surface area (Å²) in [5.41, 5.74) is 3.14. The molecular weight excluding hydrogens is 364 g/mol. The molecule has 3 aromatic carbocycles. The van der Waals surface area contributed by atoms with Crippen molar-refractivity contribution < 1.29 is 9.21 Å². The molecule has 0 spiro atoms. The zero-order valence-corrected chi connectivity index (χ0v) is 14.3. The highest BCUT2D eigenvalue weighted by Crippen LogP contribution is 2.36. The van der Waals surface area contributed by atoms with Gasteiger partial charge in [-0.2, -0.15) is 0 Å². The van der Waals surface area contributed by atoms with Crippen LogP contribution in [0.3, 0.4) is 0 Å². The van der Waals surface area contributed by atoms with Crippen molar-refractivity contribution in [2.24, 2.45) is 0 Å². The van der Waals surface area contributed by atoms with E-state index in [0.717, 1.165) is 26.6 Å². The first-order chi connectivity index (χ1) is 11.7. The Kier molecular flexibility index (Phi) is 3.79. The third kappa shape index (κ3) is 2.57. The van der Waals surface area contributed by atoms with Gasteiger partial charge in [0, 0.05) is 21.0 Å². The average molecular weight is 377 g/mol. The van der Waals surface area contributed by atoms with E-state index in [0.29, 0.717) is 11.3 Å². The number of para-hydroxylation sites is 1. The van der Waals surface area contributed by atoms with Crippen LogP contribution in [-0.2, 0) is 0 Å². The van der Waals surface area contributed by atoms with Gasteiger partial charge in [0.2, 0.25) is 5.78 Å². The highest BCUT2D eigenvalue weighted by atomic mass is 79.9. The van der Waals surface area contributed by atoms with Gasteiger partial charge in [0.15, 0.2) is 5.76 Å². The Morgan fingerprint density at radius 3 is 2.21 bits per heavy atom. The Morgan fingerprint density at radius 2 is 1.46 bits per heavy atom. The average Bonchev–Trinajstić information content (AvgIpc) is 3.02. The van der Waals surface area contributed by atoms with Crippen LogP contribution in [0.2, 0.25) is 0 Å². The van der Waals surface area contributed by atoms with Gasteiger partial charge in [-0.1, -0.05) is 76.6 Å². The first kappa shape index (κ1) is 14.9. The normalized spacial score (nSPS) is 10.9. The summed E-state index contributed by atoms with van der Waals surface area (Å²) in [6, 6.07) is 24.9. The Labute approximate surface area is 147 Å². The van der Waals surface area contributed by atoms with Crippen LogP contribution in [0.1, 0.15) is 16.1 Å². The fourth-order valence-electron chi connectivity index (χ4n) is 2.83. The number of hydrogen-bond donors (Lipinski definition) is 0. The molecule has 3 heteroatoms. The Morgan fingerprint density at radius 1 is 0.792 bits per heavy atom. The maximum absolute atomic E-state index is 13.0. The lowest BCUT2D eigenvalue weighted by Gasteiger charge is -2.04. The van der Waals surface area contributed by atoms with Crippen LogP contribution < -0.4 is 0 Å². The van der Waals surface area contributed by atoms with Gasteiger partial charge in [-0.25, -0.2) is 0 Å². The van der Waals surface area contributed by atoms with Gasteiger partial charge >= 0.3 is 0 Å². The van der Waals surface area contributed by atoms with E-state index in [1.165, 1.54) is 0 Å². The molecule has 0 unspecified atom stereocenters. The van der Waals surface area contributed by atoms with Crippen LogP contribution >= 0.6 is 15.9 Å². The monoisotopic (exact) mass is 376 g/mol. The van der Waals surface area contributed by atoms with Gasteiger partial charge in [-0.3, -0.25) is 4.79 Å². The van der Waals surface area contributed by atoms with Crippen molar-refractivity contribution in [2.45, 2.75) is 0 Å². The van der Waals surface area contributed by atoms with Gasteiger partial charge in [0.25, 0.3) is 0 Å². The number of hydrogen-bond acceptors (Lipinski definition) is 2. The summed E-state index contributed by atoms with van der Waals surface area (Å²) in [6.45, 7) is 0. The Hall–Kier alpha value is -2.65. The van der Waals surface area contributed by atoms with Crippen LogP contribution in [0.15, 0.2) is 87.8 Å². The lowest BCUT2D eigenvalue weighted by atomic mass is 9.98. The predicted octanol–water partition coefficient (Wildman–Crippen LogP) is 6.09. The number of carbonyl (C=O) groups is 1. The molecule has 0 bridgehead atoms. The molecule has 4 rings (SSSR count). The molecule has 0 fully saturated rings. The zero-order valence-electron chi connectivity index (χ0n) is 12.7. The minimum Gasteiger partial charge on any atom is -0.452 e. The first-order valence-corrected chi connectivity index (χ1v) is 8.40. The summed E-state index contributed by atoms with van der Waals surface area (Å²) in [5.74, 6) is 0.273. The van der Waals surface area contributed by atoms with Gasteiger partial charge in [0.05, 0.1) is 0 Å². The van der Waals surface area contributed by atoms with Crippen LogP contribution in [0, 0.1) is 0 Å². The van der Waals surface area contributed by atoms with Crippen molar-refractivity contribution in [3.63, 3.8) is 0 Å². The minimum atomic E-state index is -0.107. The largest absolute Gasteiger partial charge is 0.452 e. The quantitative estimate of drug-likeness (QED) is 0.404. The van der Waals surface area contributed by atoms with Crippen molar-refractivity contribution in [3.05, 3.63) is 94.7 Å². The summed E-state index contributed by atoms with van der Waals surface area (Å²) in [5, 5.41) is 0.944. The van der Waals surface area contributed by atoms with E-state index in [-0.39, 0.29) is 5.78 Å².